The molecule has 0 amide bonds. The maximum Gasteiger partial charge on any atom is 0.137 e. The number of hydrogen-bond acceptors (Lipinski definition) is 1. The smallest absolute Gasteiger partial charge is 0.137 e. The number of aromatic nitrogens is 2. The third kappa shape index (κ3) is 4.50. The van der Waals surface area contributed by atoms with Crippen molar-refractivity contribution < 1.29 is 4.42 Å². The van der Waals surface area contributed by atoms with Gasteiger partial charge in [0, 0.05) is 38.3 Å². The van der Waals surface area contributed by atoms with E-state index in [4.69, 9.17) is 4.42 Å². The molecule has 0 bridgehead atoms. The highest BCUT2D eigenvalue weighted by molar-refractivity contribution is 6.25. The molecule has 9 aromatic carbocycles. The summed E-state index contributed by atoms with van der Waals surface area (Å²) in [5.41, 5.74) is 13.6. The van der Waals surface area contributed by atoms with Crippen LogP contribution in [0.1, 0.15) is 0 Å². The van der Waals surface area contributed by atoms with Gasteiger partial charge in [0.2, 0.25) is 0 Å². The SMILES string of the molecule is c1ccc(-c2cccc(-n3c4ccc(-c5ccc6c(c5)c5ccccc5n6-c5ccc6ccccc6c5)cc4c4ccc5oc6ccccc6c5c43)c2)cc1. The lowest BCUT2D eigenvalue weighted by Crippen LogP contribution is -1.95. The first-order chi connectivity index (χ1) is 27.3. The van der Waals surface area contributed by atoms with Gasteiger partial charge in [0.1, 0.15) is 11.2 Å². The normalized spacial score (nSPS) is 12.0. The zero-order valence-corrected chi connectivity index (χ0v) is 29.8. The van der Waals surface area contributed by atoms with Crippen LogP contribution in [0.3, 0.4) is 0 Å². The predicted octanol–water partition coefficient (Wildman–Crippen LogP) is 14.3. The summed E-state index contributed by atoms with van der Waals surface area (Å²) in [4.78, 5) is 0. The van der Waals surface area contributed by atoms with Gasteiger partial charge in [-0.2, -0.15) is 0 Å². The van der Waals surface area contributed by atoms with E-state index in [1.54, 1.807) is 0 Å². The van der Waals surface area contributed by atoms with Crippen molar-refractivity contribution in [2.75, 3.05) is 0 Å². The Morgan fingerprint density at radius 1 is 0.309 bits per heavy atom. The van der Waals surface area contributed by atoms with Crippen LogP contribution in [-0.4, -0.2) is 9.13 Å². The number of benzene rings is 9. The lowest BCUT2D eigenvalue weighted by atomic mass is 10.00. The summed E-state index contributed by atoms with van der Waals surface area (Å²) < 4.78 is 11.3. The van der Waals surface area contributed by atoms with Gasteiger partial charge in [0.25, 0.3) is 0 Å². The summed E-state index contributed by atoms with van der Waals surface area (Å²) in [6, 6.07) is 70.3. The Balaban J connectivity index is 1.09. The van der Waals surface area contributed by atoms with Crippen molar-refractivity contribution in [1.82, 2.24) is 9.13 Å². The fourth-order valence-electron chi connectivity index (χ4n) is 8.96. The molecule has 0 aliphatic rings. The zero-order valence-electron chi connectivity index (χ0n) is 29.8. The standard InChI is InChI=1S/C52H32N2O/c1-2-11-33(12-3-1)36-15-10-16-39(29-36)54-48-27-23-38(32-45(48)42-25-28-50-51(52(42)54)43-18-7-9-20-49(43)55-50)37-22-26-47-44(31-37)41-17-6-8-19-46(41)53(47)40-24-21-34-13-4-5-14-35(34)30-40/h1-32H. The highest BCUT2D eigenvalue weighted by atomic mass is 16.3. The van der Waals surface area contributed by atoms with E-state index in [2.05, 4.69) is 197 Å². The molecule has 0 fully saturated rings. The first-order valence-corrected chi connectivity index (χ1v) is 18.8. The van der Waals surface area contributed by atoms with Crippen LogP contribution in [-0.2, 0) is 0 Å². The van der Waals surface area contributed by atoms with Crippen LogP contribution < -0.4 is 0 Å². The minimum atomic E-state index is 0.894. The number of fused-ring (bicyclic) bond motifs is 11. The fraction of sp³-hybridized carbons (Fsp3) is 0. The molecular weight excluding hydrogens is 669 g/mol. The highest BCUT2D eigenvalue weighted by Gasteiger charge is 2.20. The Labute approximate surface area is 316 Å². The van der Waals surface area contributed by atoms with E-state index in [1.165, 1.54) is 71.3 Å². The Kier molecular flexibility index (Phi) is 6.34. The van der Waals surface area contributed by atoms with Crippen LogP contribution in [0.15, 0.2) is 199 Å². The van der Waals surface area contributed by atoms with Gasteiger partial charge in [-0.05, 0) is 106 Å². The van der Waals surface area contributed by atoms with E-state index < -0.39 is 0 Å². The fourth-order valence-corrected chi connectivity index (χ4v) is 8.96. The predicted molar refractivity (Wildman–Crippen MR) is 231 cm³/mol. The molecule has 3 heterocycles. The van der Waals surface area contributed by atoms with Crippen molar-refractivity contribution in [3.05, 3.63) is 194 Å². The van der Waals surface area contributed by atoms with Crippen LogP contribution in [0.2, 0.25) is 0 Å². The van der Waals surface area contributed by atoms with Crippen molar-refractivity contribution >= 4 is 76.3 Å². The molecule has 55 heavy (non-hydrogen) atoms. The Hall–Kier alpha value is -7.36. The molecule has 3 nitrogen and oxygen atoms in total. The molecule has 256 valence electrons. The van der Waals surface area contributed by atoms with E-state index in [-0.39, 0.29) is 0 Å². The molecule has 0 radical (unpaired) electrons. The van der Waals surface area contributed by atoms with Gasteiger partial charge in [-0.3, -0.25) is 0 Å². The maximum atomic E-state index is 6.45. The van der Waals surface area contributed by atoms with E-state index >= 15 is 0 Å². The van der Waals surface area contributed by atoms with E-state index in [1.807, 2.05) is 6.07 Å². The molecule has 0 spiro atoms. The van der Waals surface area contributed by atoms with Crippen molar-refractivity contribution in [2.24, 2.45) is 0 Å². The Morgan fingerprint density at radius 3 is 1.80 bits per heavy atom. The number of hydrogen-bond donors (Lipinski definition) is 0. The molecule has 12 rings (SSSR count). The molecule has 0 unspecified atom stereocenters. The van der Waals surface area contributed by atoms with E-state index in [0.29, 0.717) is 0 Å². The summed E-state index contributed by atoms with van der Waals surface area (Å²) >= 11 is 0. The van der Waals surface area contributed by atoms with Crippen LogP contribution in [0.4, 0.5) is 0 Å². The third-order valence-corrected chi connectivity index (χ3v) is 11.5. The van der Waals surface area contributed by atoms with Gasteiger partial charge in [-0.1, -0.05) is 121 Å². The highest BCUT2D eigenvalue weighted by Crippen LogP contribution is 2.43. The number of para-hydroxylation sites is 2. The molecule has 0 aliphatic carbocycles. The van der Waals surface area contributed by atoms with E-state index in [9.17, 15) is 0 Å². The molecular formula is C52H32N2O. The first-order valence-electron chi connectivity index (χ1n) is 18.8. The quantitative estimate of drug-likeness (QED) is 0.179. The maximum absolute atomic E-state index is 6.45. The summed E-state index contributed by atoms with van der Waals surface area (Å²) in [6.45, 7) is 0. The summed E-state index contributed by atoms with van der Waals surface area (Å²) in [5, 5.41) is 9.65. The van der Waals surface area contributed by atoms with Gasteiger partial charge in [-0.15, -0.1) is 0 Å². The molecule has 0 saturated carbocycles. The molecule has 3 heteroatoms. The second-order valence-electron chi connectivity index (χ2n) is 14.5. The summed E-state index contributed by atoms with van der Waals surface area (Å²) in [6.07, 6.45) is 0. The van der Waals surface area contributed by atoms with Gasteiger partial charge < -0.3 is 13.6 Å². The van der Waals surface area contributed by atoms with Crippen LogP contribution >= 0.6 is 0 Å². The molecule has 0 atom stereocenters. The van der Waals surface area contributed by atoms with Gasteiger partial charge in [0.05, 0.1) is 27.5 Å². The van der Waals surface area contributed by atoms with Crippen molar-refractivity contribution in [3.63, 3.8) is 0 Å². The Bertz CT molecular complexity index is 3490. The number of nitrogens with zero attached hydrogens (tertiary/aromatic N) is 2. The summed E-state index contributed by atoms with van der Waals surface area (Å²) in [5.74, 6) is 0. The van der Waals surface area contributed by atoms with Gasteiger partial charge in [0.15, 0.2) is 0 Å². The second kappa shape index (κ2) is 11.6. The molecule has 12 aromatic rings. The van der Waals surface area contributed by atoms with Crippen LogP contribution in [0.5, 0.6) is 0 Å². The van der Waals surface area contributed by atoms with Gasteiger partial charge >= 0.3 is 0 Å². The number of furan rings is 1. The van der Waals surface area contributed by atoms with Gasteiger partial charge in [-0.25, -0.2) is 0 Å². The molecule has 0 saturated heterocycles. The van der Waals surface area contributed by atoms with Crippen LogP contribution in [0.25, 0.3) is 110 Å². The van der Waals surface area contributed by atoms with Crippen molar-refractivity contribution in [2.45, 2.75) is 0 Å². The van der Waals surface area contributed by atoms with Crippen molar-refractivity contribution in [1.29, 1.82) is 0 Å². The third-order valence-electron chi connectivity index (χ3n) is 11.5. The topological polar surface area (TPSA) is 23.0 Å². The molecule has 0 aliphatic heterocycles. The lowest BCUT2D eigenvalue weighted by molar-refractivity contribution is 0.669. The lowest BCUT2D eigenvalue weighted by Gasteiger charge is -2.11. The monoisotopic (exact) mass is 700 g/mol. The first kappa shape index (κ1) is 30.1. The minimum absolute atomic E-state index is 0.894. The molecule has 0 N–H and O–H groups in total. The average molecular weight is 701 g/mol. The Morgan fingerprint density at radius 2 is 0.945 bits per heavy atom. The second-order valence-corrected chi connectivity index (χ2v) is 14.5. The molecule has 3 aromatic heterocycles. The minimum Gasteiger partial charge on any atom is -0.456 e. The van der Waals surface area contributed by atoms with E-state index in [0.717, 1.165) is 38.7 Å². The van der Waals surface area contributed by atoms with Crippen LogP contribution in [0, 0.1) is 0 Å². The average Bonchev–Trinajstić information content (AvgIpc) is 3.91. The van der Waals surface area contributed by atoms with Crippen molar-refractivity contribution in [3.8, 4) is 33.6 Å². The zero-order chi connectivity index (χ0) is 36.0. The largest absolute Gasteiger partial charge is 0.456 e. The summed E-state index contributed by atoms with van der Waals surface area (Å²) in [7, 11) is 0. The number of rotatable bonds is 4.